The summed E-state index contributed by atoms with van der Waals surface area (Å²) in [6.07, 6.45) is 3.87. The molecule has 0 atom stereocenters. The van der Waals surface area contributed by atoms with E-state index in [1.165, 1.54) is 0 Å². The maximum atomic E-state index is 9.87. The molecule has 0 aromatic carbocycles. The van der Waals surface area contributed by atoms with Gasteiger partial charge in [-0.25, -0.2) is 0 Å². The van der Waals surface area contributed by atoms with Gasteiger partial charge in [-0.15, -0.1) is 0 Å². The molecule has 0 bridgehead atoms. The number of hydrogen-bond acceptors (Lipinski definition) is 3. The summed E-state index contributed by atoms with van der Waals surface area (Å²) in [5, 5.41) is 0. The number of halogens is 6. The molecule has 118 valence electrons. The average molecular weight is 318 g/mol. The van der Waals surface area contributed by atoms with E-state index in [0.717, 1.165) is 6.67 Å². The molecule has 0 aliphatic carbocycles. The number of rotatable bonds is 4. The van der Waals surface area contributed by atoms with Crippen LogP contribution in [0.15, 0.2) is 12.4 Å². The van der Waals surface area contributed by atoms with Crippen LogP contribution in [0.1, 0.15) is 13.8 Å². The second kappa shape index (κ2) is 5.08. The summed E-state index contributed by atoms with van der Waals surface area (Å²) < 4.78 is 59.2. The third-order valence-electron chi connectivity index (χ3n) is 1.66. The molecule has 0 radical (unpaired) electrons. The molecule has 0 unspecified atom stereocenters. The van der Waals surface area contributed by atoms with Gasteiger partial charge < -0.3 is 4.90 Å². The van der Waals surface area contributed by atoms with Crippen LogP contribution >= 0.6 is 7.81 Å². The zero-order chi connectivity index (χ0) is 15.4. The van der Waals surface area contributed by atoms with Gasteiger partial charge in [-0.2, -0.15) is 9.68 Å². The van der Waals surface area contributed by atoms with E-state index >= 15 is 0 Å². The van der Waals surface area contributed by atoms with Gasteiger partial charge in [0.15, 0.2) is 6.20 Å². The monoisotopic (exact) mass is 318 g/mol. The molecule has 4 nitrogen and oxygen atoms in total. The fraction of sp³-hybridized carbons (Fsp3) is 0.750. The van der Waals surface area contributed by atoms with Gasteiger partial charge in [-0.3, -0.25) is 0 Å². The molecule has 0 aromatic heterocycles. The van der Waals surface area contributed by atoms with Crippen LogP contribution in [-0.4, -0.2) is 36.6 Å². The third kappa shape index (κ3) is 12.2. The molecule has 1 aliphatic heterocycles. The van der Waals surface area contributed by atoms with E-state index < -0.39 is 7.81 Å². The van der Waals surface area contributed by atoms with Gasteiger partial charge in [0.25, 0.3) is 0 Å². The molecule has 1 aliphatic rings. The third-order valence-corrected chi connectivity index (χ3v) is 1.66. The van der Waals surface area contributed by atoms with Crippen LogP contribution in [0.3, 0.4) is 0 Å². The van der Waals surface area contributed by atoms with Crippen LogP contribution in [0, 0.1) is 0 Å². The molecule has 0 fully saturated rings. The molecule has 0 amide bonds. The van der Waals surface area contributed by atoms with Gasteiger partial charge in [0, 0.05) is 11.9 Å². The van der Waals surface area contributed by atoms with Crippen LogP contribution in [0.4, 0.5) is 25.2 Å². The average Bonchev–Trinajstić information content (AvgIpc) is 2.43. The second-order valence-corrected chi connectivity index (χ2v) is 5.63. The Hall–Kier alpha value is -0.570. The summed E-state index contributed by atoms with van der Waals surface area (Å²) in [7, 11) is -8.66. The van der Waals surface area contributed by atoms with E-state index in [-0.39, 0.29) is 4.81 Å². The van der Waals surface area contributed by atoms with Crippen molar-refractivity contribution >= 4 is 7.81 Å². The van der Waals surface area contributed by atoms with Crippen molar-refractivity contribution < 1.29 is 39.7 Å². The Bertz CT molecular complexity index is 313. The molecule has 19 heavy (non-hydrogen) atoms. The van der Waals surface area contributed by atoms with Gasteiger partial charge in [-0.05, 0) is 13.8 Å². The van der Waals surface area contributed by atoms with Gasteiger partial charge in [-0.1, -0.05) is 0 Å². The number of hydrogen-bond donors (Lipinski definition) is 0. The van der Waals surface area contributed by atoms with E-state index in [4.69, 9.17) is 9.68 Å². The molecule has 0 aromatic rings. The molecule has 1 rings (SSSR count). The summed E-state index contributed by atoms with van der Waals surface area (Å²) in [5.74, 6) is 0. The van der Waals surface area contributed by atoms with E-state index in [1.807, 2.05) is 38.2 Å². The van der Waals surface area contributed by atoms with Crippen molar-refractivity contribution in [3.8, 4) is 0 Å². The summed E-state index contributed by atoms with van der Waals surface area (Å²) in [5.41, 5.74) is 0. The van der Waals surface area contributed by atoms with Gasteiger partial charge in [0.05, 0.1) is 6.20 Å². The zero-order valence-electron chi connectivity index (χ0n) is 10.7. The molecule has 11 heteroatoms. The first-order valence-corrected chi connectivity index (χ1v) is 7.33. The predicted molar refractivity (Wildman–Crippen MR) is 58.9 cm³/mol. The molecule has 0 saturated heterocycles. The van der Waals surface area contributed by atoms with Crippen molar-refractivity contribution in [3.05, 3.63) is 12.4 Å². The minimum atomic E-state index is -10.7. The van der Waals surface area contributed by atoms with Crippen molar-refractivity contribution in [1.29, 1.82) is 0 Å². The van der Waals surface area contributed by atoms with Crippen molar-refractivity contribution in [1.82, 2.24) is 4.90 Å². The summed E-state index contributed by atoms with van der Waals surface area (Å²) in [6, 6.07) is 0. The first-order chi connectivity index (χ1) is 8.17. The number of nitrogens with zero attached hydrogens (tertiary/aromatic N) is 2. The molecule has 1 heterocycles. The van der Waals surface area contributed by atoms with Crippen molar-refractivity contribution in [2.24, 2.45) is 0 Å². The SMILES string of the molecule is CCO[N+]1(OCC)C=CN(C)C1.F[P-](F)(F)(F)(F)F. The van der Waals surface area contributed by atoms with Crippen LogP contribution < -0.4 is 0 Å². The normalized spacial score (nSPS) is 21.4. The fourth-order valence-corrected chi connectivity index (χ4v) is 1.26. The standard InChI is InChI=1S/C8H17N2O2.F6P/c1-4-11-10(12-5-2)7-6-9(3)8-10;1-7(2,3,4,5)6/h6-7H,4-5,8H2,1-3H3;/q+1;-1. The van der Waals surface area contributed by atoms with Crippen LogP contribution in [0.5, 0.6) is 0 Å². The quantitative estimate of drug-likeness (QED) is 0.434. The minimum absolute atomic E-state index is 0.170. The molecule has 0 saturated carbocycles. The first-order valence-electron chi connectivity index (χ1n) is 5.30. The topological polar surface area (TPSA) is 21.7 Å². The summed E-state index contributed by atoms with van der Waals surface area (Å²) in [4.78, 5) is 13.2. The van der Waals surface area contributed by atoms with E-state index in [1.54, 1.807) is 0 Å². The Morgan fingerprint density at radius 1 is 1.05 bits per heavy atom. The number of quaternary nitrogens is 1. The Morgan fingerprint density at radius 3 is 1.63 bits per heavy atom. The van der Waals surface area contributed by atoms with E-state index in [9.17, 15) is 25.2 Å². The van der Waals surface area contributed by atoms with Crippen LogP contribution in [-0.2, 0) is 9.68 Å². The number of hydroxylamine groups is 4. The van der Waals surface area contributed by atoms with Crippen LogP contribution in [0.2, 0.25) is 0 Å². The van der Waals surface area contributed by atoms with E-state index in [2.05, 4.69) is 0 Å². The first kappa shape index (κ1) is 18.4. The molecular formula is C8H17F6N2O2P. The van der Waals surface area contributed by atoms with Crippen molar-refractivity contribution in [3.63, 3.8) is 0 Å². The van der Waals surface area contributed by atoms with Gasteiger partial charge in [0.1, 0.15) is 13.2 Å². The molecular weight excluding hydrogens is 301 g/mol. The Morgan fingerprint density at radius 2 is 1.42 bits per heavy atom. The molecule has 0 spiro atoms. The van der Waals surface area contributed by atoms with E-state index in [0.29, 0.717) is 13.2 Å². The fourth-order valence-electron chi connectivity index (χ4n) is 1.26. The van der Waals surface area contributed by atoms with Crippen LogP contribution in [0.25, 0.3) is 0 Å². The Labute approximate surface area is 106 Å². The summed E-state index contributed by atoms with van der Waals surface area (Å²) >= 11 is 0. The van der Waals surface area contributed by atoms with Gasteiger partial charge >= 0.3 is 33.0 Å². The Kier molecular flexibility index (Phi) is 4.93. The molecule has 0 N–H and O–H groups in total. The summed E-state index contributed by atoms with van der Waals surface area (Å²) in [6.45, 7) is 5.95. The maximum absolute atomic E-state index is 10.7. The van der Waals surface area contributed by atoms with Crippen molar-refractivity contribution in [2.75, 3.05) is 26.9 Å². The zero-order valence-corrected chi connectivity index (χ0v) is 11.6. The Balaban J connectivity index is 0.000000399. The predicted octanol–water partition coefficient (Wildman–Crippen LogP) is 4.46. The van der Waals surface area contributed by atoms with Crippen molar-refractivity contribution in [2.45, 2.75) is 13.8 Å². The van der Waals surface area contributed by atoms with Gasteiger partial charge in [0.2, 0.25) is 6.67 Å². The second-order valence-electron chi connectivity index (χ2n) is 3.72.